The number of benzene rings is 1. The second-order valence-electron chi connectivity index (χ2n) is 4.84. The van der Waals surface area contributed by atoms with Crippen LogP contribution in [0.5, 0.6) is 0 Å². The summed E-state index contributed by atoms with van der Waals surface area (Å²) in [7, 11) is 1.78. The number of nitrogens with one attached hydrogen (secondary N) is 1. The van der Waals surface area contributed by atoms with Gasteiger partial charge >= 0.3 is 6.18 Å². The molecule has 0 bridgehead atoms. The highest BCUT2D eigenvalue weighted by Gasteiger charge is 2.30. The Morgan fingerprint density at radius 2 is 2.05 bits per heavy atom. The Kier molecular flexibility index (Phi) is 4.96. The van der Waals surface area contributed by atoms with Crippen LogP contribution < -0.4 is 5.32 Å². The van der Waals surface area contributed by atoms with E-state index in [1.54, 1.807) is 13.1 Å². The van der Waals surface area contributed by atoms with Gasteiger partial charge in [0.25, 0.3) is 0 Å². The normalized spacial score (nSPS) is 13.4. The first-order valence-electron chi connectivity index (χ1n) is 6.39. The van der Waals surface area contributed by atoms with Gasteiger partial charge in [0, 0.05) is 10.9 Å². The van der Waals surface area contributed by atoms with E-state index in [1.807, 2.05) is 12.3 Å². The maximum Gasteiger partial charge on any atom is 0.416 e. The van der Waals surface area contributed by atoms with Gasteiger partial charge in [-0.05, 0) is 43.0 Å². The van der Waals surface area contributed by atoms with E-state index >= 15 is 0 Å². The maximum atomic E-state index is 12.7. The molecule has 0 fully saturated rings. The van der Waals surface area contributed by atoms with Crippen molar-refractivity contribution in [2.75, 3.05) is 7.05 Å². The van der Waals surface area contributed by atoms with Gasteiger partial charge in [0.05, 0.1) is 10.6 Å². The number of hydrogen-bond donors (Lipinski definition) is 1. The molecule has 0 spiro atoms. The highest BCUT2D eigenvalue weighted by molar-refractivity contribution is 7.10. The molecular weight excluding hydrogens is 319 g/mol. The zero-order valence-electron chi connectivity index (χ0n) is 11.6. The molecule has 1 atom stereocenters. The summed E-state index contributed by atoms with van der Waals surface area (Å²) in [5, 5.41) is 5.76. The van der Waals surface area contributed by atoms with Crippen LogP contribution in [0.3, 0.4) is 0 Å². The molecule has 1 nitrogen and oxygen atoms in total. The van der Waals surface area contributed by atoms with Crippen molar-refractivity contribution >= 4 is 22.9 Å². The van der Waals surface area contributed by atoms with Crippen LogP contribution in [0.1, 0.15) is 27.6 Å². The highest BCUT2D eigenvalue weighted by Crippen LogP contribution is 2.35. The fourth-order valence-electron chi connectivity index (χ4n) is 2.12. The summed E-state index contributed by atoms with van der Waals surface area (Å²) in [5.41, 5.74) is 0.996. The van der Waals surface area contributed by atoms with E-state index in [0.29, 0.717) is 17.0 Å². The number of thiophene rings is 1. The lowest BCUT2D eigenvalue weighted by Crippen LogP contribution is -2.18. The minimum Gasteiger partial charge on any atom is -0.312 e. The smallest absolute Gasteiger partial charge is 0.312 e. The van der Waals surface area contributed by atoms with Gasteiger partial charge in [-0.2, -0.15) is 13.2 Å². The largest absolute Gasteiger partial charge is 0.416 e. The van der Waals surface area contributed by atoms with Crippen molar-refractivity contribution in [3.05, 3.63) is 56.2 Å². The van der Waals surface area contributed by atoms with Crippen molar-refractivity contribution in [2.24, 2.45) is 0 Å². The fraction of sp³-hybridized carbons (Fsp3) is 0.333. The van der Waals surface area contributed by atoms with Gasteiger partial charge in [0.2, 0.25) is 0 Å². The van der Waals surface area contributed by atoms with Crippen LogP contribution in [-0.2, 0) is 12.6 Å². The Labute approximate surface area is 130 Å². The molecule has 0 aliphatic heterocycles. The molecule has 0 amide bonds. The Hall–Kier alpha value is -1.04. The van der Waals surface area contributed by atoms with E-state index in [2.05, 4.69) is 5.32 Å². The Morgan fingerprint density at radius 3 is 2.57 bits per heavy atom. The monoisotopic (exact) mass is 333 g/mol. The van der Waals surface area contributed by atoms with Gasteiger partial charge in [-0.1, -0.05) is 29.8 Å². The third-order valence-corrected chi connectivity index (χ3v) is 5.11. The summed E-state index contributed by atoms with van der Waals surface area (Å²) in [6, 6.07) is 5.32. The Balaban J connectivity index is 2.25. The van der Waals surface area contributed by atoms with Gasteiger partial charge in [-0.3, -0.25) is 0 Å². The second kappa shape index (κ2) is 6.38. The third-order valence-electron chi connectivity index (χ3n) is 3.28. The number of likely N-dealkylation sites (N-methyl/N-ethyl adjacent to an activating group) is 1. The first kappa shape index (κ1) is 16.3. The number of aryl methyl sites for hydroxylation is 1. The SMILES string of the molecule is CNC(Cc1cccc(C(F)(F)F)c1)c1scc(C)c1Cl. The molecule has 21 heavy (non-hydrogen) atoms. The van der Waals surface area contributed by atoms with E-state index < -0.39 is 11.7 Å². The lowest BCUT2D eigenvalue weighted by molar-refractivity contribution is -0.137. The molecule has 2 aromatic rings. The molecule has 0 saturated carbocycles. The number of alkyl halides is 3. The molecule has 2 rings (SSSR count). The van der Waals surface area contributed by atoms with Crippen LogP contribution in [0.25, 0.3) is 0 Å². The standard InChI is InChI=1S/C15H15ClF3NS/c1-9-8-21-14(13(9)16)12(20-2)7-10-4-3-5-11(6-10)15(17,18)19/h3-6,8,12,20H,7H2,1-2H3. The molecule has 1 aromatic carbocycles. The van der Waals surface area contributed by atoms with Crippen molar-refractivity contribution < 1.29 is 13.2 Å². The summed E-state index contributed by atoms with van der Waals surface area (Å²) in [6.45, 7) is 1.92. The Morgan fingerprint density at radius 1 is 1.33 bits per heavy atom. The zero-order chi connectivity index (χ0) is 15.6. The van der Waals surface area contributed by atoms with E-state index in [1.165, 1.54) is 23.5 Å². The van der Waals surface area contributed by atoms with Crippen molar-refractivity contribution in [2.45, 2.75) is 25.6 Å². The van der Waals surface area contributed by atoms with Crippen LogP contribution in [0.4, 0.5) is 13.2 Å². The summed E-state index contributed by atoms with van der Waals surface area (Å²) >= 11 is 7.76. The molecule has 0 saturated heterocycles. The molecule has 0 aliphatic rings. The van der Waals surface area contributed by atoms with Gasteiger partial charge < -0.3 is 5.32 Å². The molecule has 114 valence electrons. The van der Waals surface area contributed by atoms with Gasteiger partial charge in [-0.25, -0.2) is 0 Å². The van der Waals surface area contributed by atoms with Crippen LogP contribution in [0, 0.1) is 6.92 Å². The summed E-state index contributed by atoms with van der Waals surface area (Å²) in [4.78, 5) is 0.953. The fourth-order valence-corrected chi connectivity index (χ4v) is 3.56. The first-order chi connectivity index (χ1) is 9.82. The summed E-state index contributed by atoms with van der Waals surface area (Å²) < 4.78 is 38.2. The molecule has 1 aromatic heterocycles. The van der Waals surface area contributed by atoms with Gasteiger partial charge in [-0.15, -0.1) is 11.3 Å². The van der Waals surface area contributed by atoms with E-state index in [9.17, 15) is 13.2 Å². The molecular formula is C15H15ClF3NS. The predicted octanol–water partition coefficient (Wildman–Crippen LogP) is 5.23. The maximum absolute atomic E-state index is 12.7. The third kappa shape index (κ3) is 3.78. The molecule has 6 heteroatoms. The lowest BCUT2D eigenvalue weighted by atomic mass is 10.0. The van der Waals surface area contributed by atoms with Crippen LogP contribution in [0.2, 0.25) is 5.02 Å². The molecule has 1 N–H and O–H groups in total. The zero-order valence-corrected chi connectivity index (χ0v) is 13.2. The topological polar surface area (TPSA) is 12.0 Å². The van der Waals surface area contributed by atoms with E-state index in [-0.39, 0.29) is 6.04 Å². The van der Waals surface area contributed by atoms with Crippen molar-refractivity contribution in [3.63, 3.8) is 0 Å². The first-order valence-corrected chi connectivity index (χ1v) is 7.65. The van der Waals surface area contributed by atoms with Gasteiger partial charge in [0.15, 0.2) is 0 Å². The van der Waals surface area contributed by atoms with E-state index in [4.69, 9.17) is 11.6 Å². The van der Waals surface area contributed by atoms with Crippen LogP contribution in [-0.4, -0.2) is 7.05 Å². The molecule has 0 aliphatic carbocycles. The van der Waals surface area contributed by atoms with Gasteiger partial charge in [0.1, 0.15) is 0 Å². The van der Waals surface area contributed by atoms with Crippen molar-refractivity contribution in [1.82, 2.24) is 5.32 Å². The summed E-state index contributed by atoms with van der Waals surface area (Å²) in [6.07, 6.45) is -3.86. The lowest BCUT2D eigenvalue weighted by Gasteiger charge is -2.16. The van der Waals surface area contributed by atoms with Crippen LogP contribution >= 0.6 is 22.9 Å². The quantitative estimate of drug-likeness (QED) is 0.807. The number of halogens is 4. The van der Waals surface area contributed by atoms with Crippen LogP contribution in [0.15, 0.2) is 29.6 Å². The molecule has 0 radical (unpaired) electrons. The van der Waals surface area contributed by atoms with E-state index in [0.717, 1.165) is 16.5 Å². The number of hydrogen-bond acceptors (Lipinski definition) is 2. The average molecular weight is 334 g/mol. The Bertz CT molecular complexity index is 622. The van der Waals surface area contributed by atoms with Crippen molar-refractivity contribution in [1.29, 1.82) is 0 Å². The molecule has 1 unspecified atom stereocenters. The second-order valence-corrected chi connectivity index (χ2v) is 6.13. The predicted molar refractivity (Wildman–Crippen MR) is 81.0 cm³/mol. The van der Waals surface area contributed by atoms with Crippen molar-refractivity contribution in [3.8, 4) is 0 Å². The number of rotatable bonds is 4. The highest BCUT2D eigenvalue weighted by atomic mass is 35.5. The minimum absolute atomic E-state index is 0.0975. The average Bonchev–Trinajstić information content (AvgIpc) is 2.76. The summed E-state index contributed by atoms with van der Waals surface area (Å²) in [5.74, 6) is 0. The minimum atomic E-state index is -4.32. The molecule has 1 heterocycles.